The van der Waals surface area contributed by atoms with Crippen molar-refractivity contribution in [2.75, 3.05) is 29.9 Å². The molecule has 0 radical (unpaired) electrons. The van der Waals surface area contributed by atoms with E-state index in [1.807, 2.05) is 4.90 Å². The molecule has 0 bridgehead atoms. The second kappa shape index (κ2) is 10.2. The van der Waals surface area contributed by atoms with Crippen molar-refractivity contribution in [3.05, 3.63) is 59.7 Å². The van der Waals surface area contributed by atoms with Crippen molar-refractivity contribution >= 4 is 23.2 Å². The van der Waals surface area contributed by atoms with Crippen LogP contribution in [0.5, 0.6) is 0 Å². The van der Waals surface area contributed by atoms with Crippen LogP contribution < -0.4 is 10.2 Å². The molecule has 2 fully saturated rings. The van der Waals surface area contributed by atoms with Gasteiger partial charge in [-0.25, -0.2) is 0 Å². The summed E-state index contributed by atoms with van der Waals surface area (Å²) in [7, 11) is 0. The second-order valence-electron chi connectivity index (χ2n) is 9.68. The van der Waals surface area contributed by atoms with Gasteiger partial charge in [-0.3, -0.25) is 9.59 Å². The quantitative estimate of drug-likeness (QED) is 0.632. The van der Waals surface area contributed by atoms with E-state index >= 15 is 0 Å². The van der Waals surface area contributed by atoms with Crippen LogP contribution in [0.2, 0.25) is 0 Å². The highest BCUT2D eigenvalue weighted by Crippen LogP contribution is 2.49. The Morgan fingerprint density at radius 2 is 1.82 bits per heavy atom. The van der Waals surface area contributed by atoms with Gasteiger partial charge in [-0.05, 0) is 69.0 Å². The molecule has 0 spiro atoms. The third-order valence-electron chi connectivity index (χ3n) is 7.62. The van der Waals surface area contributed by atoms with E-state index in [0.717, 1.165) is 44.3 Å². The number of likely N-dealkylation sites (tertiary alicyclic amines) is 1. The lowest BCUT2D eigenvalue weighted by Gasteiger charge is -2.52. The van der Waals surface area contributed by atoms with Gasteiger partial charge in [-0.2, -0.15) is 0 Å². The van der Waals surface area contributed by atoms with Crippen LogP contribution in [0.15, 0.2) is 48.5 Å². The smallest absolute Gasteiger partial charge is 0.254 e. The largest absolute Gasteiger partial charge is 0.389 e. The van der Waals surface area contributed by atoms with E-state index in [9.17, 15) is 14.7 Å². The van der Waals surface area contributed by atoms with Crippen molar-refractivity contribution in [1.82, 2.24) is 4.90 Å². The molecule has 2 aliphatic rings. The normalized spacial score (nSPS) is 24.3. The van der Waals surface area contributed by atoms with Crippen LogP contribution in [0.3, 0.4) is 0 Å². The molecule has 6 heteroatoms. The minimum atomic E-state index is -0.727. The highest BCUT2D eigenvalue weighted by molar-refractivity contribution is 5.97. The molecule has 0 aromatic heterocycles. The van der Waals surface area contributed by atoms with Crippen molar-refractivity contribution in [2.24, 2.45) is 5.92 Å². The zero-order valence-electron chi connectivity index (χ0n) is 20.6. The monoisotopic (exact) mass is 463 g/mol. The number of benzene rings is 2. The molecule has 2 amide bonds. The summed E-state index contributed by atoms with van der Waals surface area (Å²) >= 11 is 0. The fraction of sp³-hybridized carbons (Fsp3) is 0.500. The van der Waals surface area contributed by atoms with Gasteiger partial charge in [0.25, 0.3) is 5.91 Å². The number of amides is 2. The number of piperidine rings is 1. The van der Waals surface area contributed by atoms with Gasteiger partial charge < -0.3 is 20.2 Å². The summed E-state index contributed by atoms with van der Waals surface area (Å²) in [6.07, 6.45) is 4.41. The topological polar surface area (TPSA) is 72.9 Å². The third kappa shape index (κ3) is 4.83. The molecule has 1 aliphatic carbocycles. The van der Waals surface area contributed by atoms with Crippen molar-refractivity contribution in [2.45, 2.75) is 64.5 Å². The van der Waals surface area contributed by atoms with Gasteiger partial charge in [0.05, 0.1) is 11.6 Å². The van der Waals surface area contributed by atoms with E-state index in [2.05, 4.69) is 48.3 Å². The summed E-state index contributed by atoms with van der Waals surface area (Å²) in [4.78, 5) is 29.6. The van der Waals surface area contributed by atoms with Crippen molar-refractivity contribution in [3.63, 3.8) is 0 Å². The van der Waals surface area contributed by atoms with E-state index in [-0.39, 0.29) is 23.8 Å². The fourth-order valence-electron chi connectivity index (χ4n) is 5.89. The van der Waals surface area contributed by atoms with E-state index in [1.165, 1.54) is 12.6 Å². The van der Waals surface area contributed by atoms with Gasteiger partial charge in [0.15, 0.2) is 0 Å². The lowest BCUT2D eigenvalue weighted by Crippen LogP contribution is -2.56. The Bertz CT molecular complexity index is 1020. The molecule has 6 nitrogen and oxygen atoms in total. The van der Waals surface area contributed by atoms with Crippen molar-refractivity contribution in [3.8, 4) is 0 Å². The molecule has 34 heavy (non-hydrogen) atoms. The summed E-state index contributed by atoms with van der Waals surface area (Å²) in [6, 6.07) is 15.5. The van der Waals surface area contributed by atoms with Crippen LogP contribution in [-0.4, -0.2) is 47.1 Å². The standard InChI is InChI=1S/C28H37N3O3/c1-4-30(5-2)24-14-12-21(13-15-24)26-25-11-6-7-16-28(25,34)17-18-31(26)27(33)22-9-8-10-23(19-22)29-20(3)32/h8-10,12-15,19,25-26,34H,4-7,11,16-18H2,1-3H3,(H,29,32)/t25-,26-,28+/m0/s1. The van der Waals surface area contributed by atoms with Gasteiger partial charge >= 0.3 is 0 Å². The Kier molecular flexibility index (Phi) is 7.27. The van der Waals surface area contributed by atoms with Crippen LogP contribution in [0, 0.1) is 5.92 Å². The van der Waals surface area contributed by atoms with Gasteiger partial charge in [0.1, 0.15) is 0 Å². The zero-order chi connectivity index (χ0) is 24.3. The van der Waals surface area contributed by atoms with Crippen LogP contribution in [0.1, 0.15) is 74.8 Å². The van der Waals surface area contributed by atoms with Crippen LogP contribution >= 0.6 is 0 Å². The molecule has 182 valence electrons. The van der Waals surface area contributed by atoms with E-state index in [4.69, 9.17) is 0 Å². The average molecular weight is 464 g/mol. The number of aliphatic hydroxyl groups is 1. The third-order valence-corrected chi connectivity index (χ3v) is 7.62. The van der Waals surface area contributed by atoms with E-state index in [0.29, 0.717) is 24.2 Å². The number of hydrogen-bond acceptors (Lipinski definition) is 4. The Hall–Kier alpha value is -2.86. The minimum Gasteiger partial charge on any atom is -0.389 e. The maximum Gasteiger partial charge on any atom is 0.254 e. The Balaban J connectivity index is 1.69. The van der Waals surface area contributed by atoms with Gasteiger partial charge in [0, 0.05) is 49.4 Å². The predicted octanol–water partition coefficient (Wildman–Crippen LogP) is 5.00. The Morgan fingerprint density at radius 1 is 1.09 bits per heavy atom. The molecule has 4 rings (SSSR count). The van der Waals surface area contributed by atoms with E-state index in [1.54, 1.807) is 24.3 Å². The lowest BCUT2D eigenvalue weighted by molar-refractivity contribution is -0.115. The Morgan fingerprint density at radius 3 is 2.50 bits per heavy atom. The number of nitrogens with zero attached hydrogens (tertiary/aromatic N) is 2. The maximum absolute atomic E-state index is 13.8. The first-order valence-electron chi connectivity index (χ1n) is 12.6. The fourth-order valence-corrected chi connectivity index (χ4v) is 5.89. The van der Waals surface area contributed by atoms with Crippen LogP contribution in [0.25, 0.3) is 0 Å². The molecule has 1 saturated carbocycles. The summed E-state index contributed by atoms with van der Waals surface area (Å²) in [5, 5.41) is 14.3. The Labute approximate surface area is 203 Å². The molecular formula is C28H37N3O3. The molecular weight excluding hydrogens is 426 g/mol. The summed E-state index contributed by atoms with van der Waals surface area (Å²) in [5.41, 5.74) is 2.69. The highest BCUT2D eigenvalue weighted by atomic mass is 16.3. The molecule has 2 aromatic carbocycles. The zero-order valence-corrected chi connectivity index (χ0v) is 20.6. The van der Waals surface area contributed by atoms with Gasteiger partial charge in [-0.15, -0.1) is 0 Å². The molecule has 2 N–H and O–H groups in total. The number of anilines is 2. The SMILES string of the molecule is CCN(CC)c1ccc([C@H]2[C@@H]3CCCC[C@@]3(O)CCN2C(=O)c2cccc(NC(C)=O)c2)cc1. The van der Waals surface area contributed by atoms with Crippen molar-refractivity contribution in [1.29, 1.82) is 0 Å². The second-order valence-corrected chi connectivity index (χ2v) is 9.68. The molecule has 1 saturated heterocycles. The first kappa shape index (κ1) is 24.3. The highest BCUT2D eigenvalue weighted by Gasteiger charge is 2.50. The number of rotatable bonds is 6. The van der Waals surface area contributed by atoms with Crippen molar-refractivity contribution < 1.29 is 14.7 Å². The van der Waals surface area contributed by atoms with Gasteiger partial charge in [-0.1, -0.05) is 31.0 Å². The first-order chi connectivity index (χ1) is 16.4. The maximum atomic E-state index is 13.8. The summed E-state index contributed by atoms with van der Waals surface area (Å²) in [6.45, 7) is 8.15. The first-order valence-corrected chi connectivity index (χ1v) is 12.6. The number of carbonyl (C=O) groups excluding carboxylic acids is 2. The van der Waals surface area contributed by atoms with Gasteiger partial charge in [0.2, 0.25) is 5.91 Å². The van der Waals surface area contributed by atoms with Crippen LogP contribution in [0.4, 0.5) is 11.4 Å². The number of fused-ring (bicyclic) bond motifs is 1. The summed E-state index contributed by atoms with van der Waals surface area (Å²) < 4.78 is 0. The number of hydrogen-bond donors (Lipinski definition) is 2. The van der Waals surface area contributed by atoms with E-state index < -0.39 is 5.60 Å². The molecule has 1 heterocycles. The number of nitrogens with one attached hydrogen (secondary N) is 1. The van der Waals surface area contributed by atoms with Crippen LogP contribution in [-0.2, 0) is 4.79 Å². The average Bonchev–Trinajstić information content (AvgIpc) is 2.83. The summed E-state index contributed by atoms with van der Waals surface area (Å²) in [5.74, 6) is -0.213. The lowest BCUT2D eigenvalue weighted by atomic mass is 9.66. The minimum absolute atomic E-state index is 0.0109. The molecule has 3 atom stereocenters. The molecule has 1 aliphatic heterocycles. The molecule has 2 aromatic rings. The molecule has 0 unspecified atom stereocenters. The predicted molar refractivity (Wildman–Crippen MR) is 136 cm³/mol. The number of carbonyl (C=O) groups is 2.